The number of hydrogen-bond donors (Lipinski definition) is 1. The molecule has 3 nitrogen and oxygen atoms in total. The molecule has 0 radical (unpaired) electrons. The summed E-state index contributed by atoms with van der Waals surface area (Å²) < 4.78 is 5.51. The van der Waals surface area contributed by atoms with E-state index in [1.165, 1.54) is 5.06 Å². The van der Waals surface area contributed by atoms with Crippen LogP contribution in [-0.4, -0.2) is 37.9 Å². The number of hydroxylamine groups is 2. The fourth-order valence-corrected chi connectivity index (χ4v) is 2.68. The molecule has 1 aliphatic rings. The van der Waals surface area contributed by atoms with Crippen LogP contribution in [-0.2, 0) is 4.43 Å². The SMILES string of the molecule is CC1(C)CC(O[SiH3])CC(C)(C)N1O. The molecule has 1 heterocycles. The molecule has 4 heteroatoms. The highest BCUT2D eigenvalue weighted by Crippen LogP contribution is 2.37. The Morgan fingerprint density at radius 1 is 1.23 bits per heavy atom. The van der Waals surface area contributed by atoms with Gasteiger partial charge in [0.15, 0.2) is 0 Å². The third-order valence-corrected chi connectivity index (χ3v) is 3.60. The topological polar surface area (TPSA) is 32.7 Å². The summed E-state index contributed by atoms with van der Waals surface area (Å²) in [6, 6.07) is 0. The third kappa shape index (κ3) is 2.12. The van der Waals surface area contributed by atoms with Gasteiger partial charge in [-0.1, -0.05) is 0 Å². The maximum absolute atomic E-state index is 9.97. The van der Waals surface area contributed by atoms with Gasteiger partial charge in [-0.2, -0.15) is 5.06 Å². The Kier molecular flexibility index (Phi) is 2.88. The molecule has 1 aliphatic heterocycles. The van der Waals surface area contributed by atoms with Crippen LogP contribution >= 0.6 is 0 Å². The van der Waals surface area contributed by atoms with Crippen molar-refractivity contribution < 1.29 is 9.63 Å². The first-order valence-electron chi connectivity index (χ1n) is 4.81. The van der Waals surface area contributed by atoms with Crippen molar-refractivity contribution in [3.05, 3.63) is 0 Å². The van der Waals surface area contributed by atoms with E-state index in [1.54, 1.807) is 0 Å². The van der Waals surface area contributed by atoms with E-state index in [1.807, 2.05) is 0 Å². The highest BCUT2D eigenvalue weighted by molar-refractivity contribution is 5.98. The maximum Gasteiger partial charge on any atom is 0.146 e. The second-order valence-electron chi connectivity index (χ2n) is 5.20. The van der Waals surface area contributed by atoms with E-state index in [-0.39, 0.29) is 11.1 Å². The Morgan fingerprint density at radius 2 is 1.62 bits per heavy atom. The molecule has 1 saturated heterocycles. The summed E-state index contributed by atoms with van der Waals surface area (Å²) in [4.78, 5) is 0. The van der Waals surface area contributed by atoms with Crippen LogP contribution in [0.2, 0.25) is 0 Å². The normalized spacial score (nSPS) is 29.3. The van der Waals surface area contributed by atoms with Crippen LogP contribution in [0.5, 0.6) is 0 Å². The summed E-state index contributed by atoms with van der Waals surface area (Å²) >= 11 is 0. The van der Waals surface area contributed by atoms with Gasteiger partial charge in [-0.05, 0) is 40.5 Å². The van der Waals surface area contributed by atoms with Crippen LogP contribution in [0.3, 0.4) is 0 Å². The van der Waals surface area contributed by atoms with Gasteiger partial charge in [-0.25, -0.2) is 0 Å². The fourth-order valence-electron chi connectivity index (χ4n) is 2.35. The Balaban J connectivity index is 2.82. The summed E-state index contributed by atoms with van der Waals surface area (Å²) in [6.07, 6.45) is 2.15. The van der Waals surface area contributed by atoms with Gasteiger partial charge in [0.1, 0.15) is 10.5 Å². The van der Waals surface area contributed by atoms with Gasteiger partial charge in [-0.3, -0.25) is 0 Å². The van der Waals surface area contributed by atoms with Crippen LogP contribution in [0.15, 0.2) is 0 Å². The van der Waals surface area contributed by atoms with Gasteiger partial charge in [0.2, 0.25) is 0 Å². The largest absolute Gasteiger partial charge is 0.425 e. The Morgan fingerprint density at radius 3 is 1.92 bits per heavy atom. The molecular formula is C9H21NO2Si. The van der Waals surface area contributed by atoms with Crippen LogP contribution in [0, 0.1) is 0 Å². The zero-order valence-corrected chi connectivity index (χ0v) is 11.3. The fraction of sp³-hybridized carbons (Fsp3) is 1.00. The lowest BCUT2D eigenvalue weighted by Gasteiger charge is -2.51. The molecule has 0 bridgehead atoms. The minimum absolute atomic E-state index is 0.170. The Labute approximate surface area is 83.6 Å². The summed E-state index contributed by atoms with van der Waals surface area (Å²) in [5, 5.41) is 11.5. The van der Waals surface area contributed by atoms with E-state index in [4.69, 9.17) is 4.43 Å². The molecule has 0 aromatic heterocycles. The lowest BCUT2D eigenvalue weighted by atomic mass is 9.80. The molecule has 0 amide bonds. The van der Waals surface area contributed by atoms with E-state index in [0.29, 0.717) is 6.10 Å². The lowest BCUT2D eigenvalue weighted by molar-refractivity contribution is -0.254. The first-order valence-corrected chi connectivity index (χ1v) is 5.63. The summed E-state index contributed by atoms with van der Waals surface area (Å²) in [5.74, 6) is 0. The number of hydrogen-bond acceptors (Lipinski definition) is 3. The van der Waals surface area contributed by atoms with Crippen molar-refractivity contribution in [3.63, 3.8) is 0 Å². The highest BCUT2D eigenvalue weighted by atomic mass is 28.2. The summed E-state index contributed by atoms with van der Waals surface area (Å²) in [6.45, 7) is 8.23. The van der Waals surface area contributed by atoms with Crippen molar-refractivity contribution in [2.24, 2.45) is 0 Å². The lowest BCUT2D eigenvalue weighted by Crippen LogP contribution is -2.60. The van der Waals surface area contributed by atoms with Gasteiger partial charge in [0.25, 0.3) is 0 Å². The van der Waals surface area contributed by atoms with Gasteiger partial charge in [0, 0.05) is 17.2 Å². The zero-order valence-electron chi connectivity index (χ0n) is 9.29. The van der Waals surface area contributed by atoms with Crippen molar-refractivity contribution >= 4 is 10.5 Å². The van der Waals surface area contributed by atoms with Gasteiger partial charge in [0.05, 0.1) is 0 Å². The number of rotatable bonds is 1. The standard InChI is InChI=1S/C9H21NO2Si/c1-8(2)5-7(12-13)6-9(3,4)10(8)11/h7,11H,5-6H2,1-4,13H3. The van der Waals surface area contributed by atoms with Crippen molar-refractivity contribution in [3.8, 4) is 0 Å². The molecule has 1 rings (SSSR count). The van der Waals surface area contributed by atoms with E-state index >= 15 is 0 Å². The van der Waals surface area contributed by atoms with Crippen molar-refractivity contribution in [2.75, 3.05) is 0 Å². The van der Waals surface area contributed by atoms with E-state index in [9.17, 15) is 5.21 Å². The quantitative estimate of drug-likeness (QED) is 0.637. The van der Waals surface area contributed by atoms with Crippen molar-refractivity contribution in [1.29, 1.82) is 0 Å². The maximum atomic E-state index is 9.97. The first-order chi connectivity index (χ1) is 5.79. The van der Waals surface area contributed by atoms with Crippen LogP contribution in [0.25, 0.3) is 0 Å². The van der Waals surface area contributed by atoms with Gasteiger partial charge < -0.3 is 9.63 Å². The van der Waals surface area contributed by atoms with Gasteiger partial charge >= 0.3 is 0 Å². The van der Waals surface area contributed by atoms with Gasteiger partial charge in [-0.15, -0.1) is 0 Å². The predicted molar refractivity (Wildman–Crippen MR) is 55.8 cm³/mol. The molecule has 1 N–H and O–H groups in total. The monoisotopic (exact) mass is 203 g/mol. The highest BCUT2D eigenvalue weighted by Gasteiger charge is 2.44. The summed E-state index contributed by atoms with van der Waals surface area (Å²) in [5.41, 5.74) is -0.340. The van der Waals surface area contributed by atoms with E-state index in [0.717, 1.165) is 23.3 Å². The van der Waals surface area contributed by atoms with Crippen LogP contribution in [0.4, 0.5) is 0 Å². The molecule has 0 spiro atoms. The molecule has 78 valence electrons. The molecule has 0 aromatic carbocycles. The minimum Gasteiger partial charge on any atom is -0.425 e. The Hall–Kier alpha value is 0.0969. The summed E-state index contributed by atoms with van der Waals surface area (Å²) in [7, 11) is 0.781. The molecule has 1 fully saturated rings. The molecular weight excluding hydrogens is 182 g/mol. The predicted octanol–water partition coefficient (Wildman–Crippen LogP) is 0.694. The third-order valence-electron chi connectivity index (χ3n) is 2.93. The average Bonchev–Trinajstić information content (AvgIpc) is 1.99. The molecule has 0 aliphatic carbocycles. The molecule has 0 atom stereocenters. The van der Waals surface area contributed by atoms with Crippen molar-refractivity contribution in [2.45, 2.75) is 57.7 Å². The molecule has 13 heavy (non-hydrogen) atoms. The number of nitrogens with zero attached hydrogens (tertiary/aromatic N) is 1. The molecule has 0 unspecified atom stereocenters. The first kappa shape index (κ1) is 11.2. The Bertz CT molecular complexity index is 176. The average molecular weight is 203 g/mol. The van der Waals surface area contributed by atoms with E-state index < -0.39 is 0 Å². The van der Waals surface area contributed by atoms with Crippen molar-refractivity contribution in [1.82, 2.24) is 5.06 Å². The molecule has 0 saturated carbocycles. The zero-order chi connectivity index (χ0) is 10.3. The molecule has 0 aromatic rings. The van der Waals surface area contributed by atoms with E-state index in [2.05, 4.69) is 27.7 Å². The minimum atomic E-state index is -0.170. The van der Waals surface area contributed by atoms with Crippen LogP contribution < -0.4 is 0 Å². The number of piperidine rings is 1. The smallest absolute Gasteiger partial charge is 0.146 e. The van der Waals surface area contributed by atoms with Crippen LogP contribution in [0.1, 0.15) is 40.5 Å². The second kappa shape index (κ2) is 3.35. The second-order valence-corrected chi connectivity index (χ2v) is 5.67.